The van der Waals surface area contributed by atoms with E-state index >= 15 is 0 Å². The van der Waals surface area contributed by atoms with Crippen LogP contribution >= 0.6 is 11.3 Å². The quantitative estimate of drug-likeness (QED) is 0.545. The maximum Gasteiger partial charge on any atom is 0.322 e. The minimum atomic E-state index is -1.15. The first kappa shape index (κ1) is 19.1. The van der Waals surface area contributed by atoms with Gasteiger partial charge in [0, 0.05) is 12.1 Å². The highest BCUT2D eigenvalue weighted by molar-refractivity contribution is 7.18. The molecule has 1 unspecified atom stereocenters. The van der Waals surface area contributed by atoms with Gasteiger partial charge in [0.25, 0.3) is 5.91 Å². The Bertz CT molecular complexity index is 1080. The van der Waals surface area contributed by atoms with Gasteiger partial charge in [0.1, 0.15) is 5.54 Å². The normalized spacial score (nSPS) is 18.5. The van der Waals surface area contributed by atoms with Gasteiger partial charge in [0.05, 0.1) is 15.2 Å². The number of imide groups is 1. The van der Waals surface area contributed by atoms with Crippen LogP contribution in [0.1, 0.15) is 30.3 Å². The number of para-hydroxylation sites is 1. The van der Waals surface area contributed by atoms with Gasteiger partial charge in [0.2, 0.25) is 5.91 Å². The van der Waals surface area contributed by atoms with E-state index in [4.69, 9.17) is 0 Å². The molecule has 0 saturated carbocycles. The molecule has 0 radical (unpaired) electrons. The molecule has 1 aromatic heterocycles. The molecular formula is C21H20N4O3S. The summed E-state index contributed by atoms with van der Waals surface area (Å²) in [5, 5.41) is 8.75. The lowest BCUT2D eigenvalue weighted by Crippen LogP contribution is -2.40. The zero-order valence-corrected chi connectivity index (χ0v) is 16.6. The minimum Gasteiger partial charge on any atom is -0.326 e. The van der Waals surface area contributed by atoms with Crippen molar-refractivity contribution < 1.29 is 14.4 Å². The fraction of sp³-hybridized carbons (Fsp3) is 0.238. The summed E-state index contributed by atoms with van der Waals surface area (Å²) in [5.74, 6) is -0.518. The highest BCUT2D eigenvalue weighted by Crippen LogP contribution is 2.27. The predicted octanol–water partition coefficient (Wildman–Crippen LogP) is 3.31. The molecule has 4 rings (SSSR count). The van der Waals surface area contributed by atoms with Gasteiger partial charge in [-0.25, -0.2) is 9.78 Å². The lowest BCUT2D eigenvalue weighted by atomic mass is 9.92. The van der Waals surface area contributed by atoms with E-state index in [2.05, 4.69) is 20.9 Å². The van der Waals surface area contributed by atoms with Crippen molar-refractivity contribution in [3.05, 3.63) is 59.1 Å². The number of aromatic nitrogens is 1. The van der Waals surface area contributed by atoms with Crippen molar-refractivity contribution >= 4 is 45.1 Å². The number of nitrogens with one attached hydrogen (secondary N) is 3. The van der Waals surface area contributed by atoms with Crippen LogP contribution in [-0.4, -0.2) is 22.8 Å². The maximum atomic E-state index is 12.3. The molecular weight excluding hydrogens is 388 g/mol. The van der Waals surface area contributed by atoms with Gasteiger partial charge in [-0.15, -0.1) is 11.3 Å². The summed E-state index contributed by atoms with van der Waals surface area (Å²) in [5.41, 5.74) is 1.03. The minimum absolute atomic E-state index is 0.103. The van der Waals surface area contributed by atoms with Crippen LogP contribution in [0.3, 0.4) is 0 Å². The Morgan fingerprint density at radius 1 is 1.17 bits per heavy atom. The van der Waals surface area contributed by atoms with E-state index in [0.717, 1.165) is 21.6 Å². The van der Waals surface area contributed by atoms with Crippen LogP contribution in [0.5, 0.6) is 0 Å². The molecule has 0 bridgehead atoms. The fourth-order valence-corrected chi connectivity index (χ4v) is 4.31. The molecule has 1 aliphatic rings. The van der Waals surface area contributed by atoms with Crippen molar-refractivity contribution in [2.24, 2.45) is 0 Å². The predicted molar refractivity (Wildman–Crippen MR) is 112 cm³/mol. The lowest BCUT2D eigenvalue weighted by Gasteiger charge is -2.21. The van der Waals surface area contributed by atoms with E-state index in [1.807, 2.05) is 24.3 Å². The molecule has 1 saturated heterocycles. The molecule has 8 heteroatoms. The summed E-state index contributed by atoms with van der Waals surface area (Å²) in [4.78, 5) is 40.5. The number of amides is 4. The summed E-state index contributed by atoms with van der Waals surface area (Å²) in [6.45, 7) is 1.63. The number of fused-ring (bicyclic) bond motifs is 1. The van der Waals surface area contributed by atoms with Gasteiger partial charge in [-0.3, -0.25) is 14.9 Å². The van der Waals surface area contributed by atoms with Gasteiger partial charge < -0.3 is 10.6 Å². The first-order valence-corrected chi connectivity index (χ1v) is 10.1. The lowest BCUT2D eigenvalue weighted by molar-refractivity contribution is -0.123. The fourth-order valence-electron chi connectivity index (χ4n) is 3.30. The number of benzene rings is 2. The van der Waals surface area contributed by atoms with Gasteiger partial charge in [0.15, 0.2) is 0 Å². The van der Waals surface area contributed by atoms with Gasteiger partial charge in [-0.2, -0.15) is 0 Å². The second kappa shape index (κ2) is 7.63. The van der Waals surface area contributed by atoms with E-state index < -0.39 is 17.5 Å². The van der Waals surface area contributed by atoms with Crippen LogP contribution in [-0.2, 0) is 21.5 Å². The first-order chi connectivity index (χ1) is 13.9. The van der Waals surface area contributed by atoms with Crippen LogP contribution in [0.4, 0.5) is 10.5 Å². The van der Waals surface area contributed by atoms with Crippen LogP contribution in [0.2, 0.25) is 0 Å². The van der Waals surface area contributed by atoms with Crippen LogP contribution in [0, 0.1) is 0 Å². The number of aryl methyl sites for hydroxylation is 1. The average Bonchev–Trinajstić information content (AvgIpc) is 3.22. The van der Waals surface area contributed by atoms with Crippen molar-refractivity contribution in [3.8, 4) is 0 Å². The topological polar surface area (TPSA) is 100 Å². The Labute approximate surface area is 171 Å². The molecule has 0 aliphatic carbocycles. The number of carbonyl (C=O) groups excluding carboxylic acids is 3. The van der Waals surface area contributed by atoms with E-state index in [-0.39, 0.29) is 5.91 Å². The number of rotatable bonds is 6. The Balaban J connectivity index is 1.35. The molecule has 7 nitrogen and oxygen atoms in total. The molecule has 0 spiro atoms. The molecule has 2 heterocycles. The van der Waals surface area contributed by atoms with Gasteiger partial charge in [-0.1, -0.05) is 24.3 Å². The summed E-state index contributed by atoms with van der Waals surface area (Å²) in [6.07, 6.45) is 1.81. The van der Waals surface area contributed by atoms with E-state index in [1.165, 1.54) is 0 Å². The number of hydrogen-bond donors (Lipinski definition) is 3. The zero-order chi connectivity index (χ0) is 20.4. The highest BCUT2D eigenvalue weighted by atomic mass is 32.1. The molecule has 3 aromatic rings. The molecule has 29 heavy (non-hydrogen) atoms. The third-order valence-electron chi connectivity index (χ3n) is 4.90. The molecule has 4 amide bonds. The Kier molecular flexibility index (Phi) is 5.02. The maximum absolute atomic E-state index is 12.3. The SMILES string of the molecule is CC1(c2cccc(NC(=O)CCCc3nc4ccccc4s3)c2)NC(=O)NC1=O. The molecule has 1 aliphatic heterocycles. The number of anilines is 1. The number of hydrogen-bond acceptors (Lipinski definition) is 5. The third-order valence-corrected chi connectivity index (χ3v) is 6.00. The summed E-state index contributed by atoms with van der Waals surface area (Å²) < 4.78 is 1.15. The van der Waals surface area contributed by atoms with Crippen molar-refractivity contribution in [2.45, 2.75) is 31.7 Å². The molecule has 2 aromatic carbocycles. The van der Waals surface area contributed by atoms with Crippen LogP contribution in [0.15, 0.2) is 48.5 Å². The Morgan fingerprint density at radius 3 is 2.76 bits per heavy atom. The summed E-state index contributed by atoms with van der Waals surface area (Å²) in [6, 6.07) is 14.4. The van der Waals surface area contributed by atoms with E-state index in [1.54, 1.807) is 42.5 Å². The largest absolute Gasteiger partial charge is 0.326 e. The van der Waals surface area contributed by atoms with Crippen LogP contribution < -0.4 is 16.0 Å². The standard InChI is InChI=1S/C21H20N4O3S/c1-21(19(27)24-20(28)25-21)13-6-4-7-14(12-13)22-17(26)10-5-11-18-23-15-8-2-3-9-16(15)29-18/h2-4,6-9,12H,5,10-11H2,1H3,(H,22,26)(H2,24,25,27,28). The Morgan fingerprint density at radius 2 is 2.00 bits per heavy atom. The van der Waals surface area contributed by atoms with Gasteiger partial charge in [-0.05, 0) is 49.6 Å². The van der Waals surface area contributed by atoms with Crippen molar-refractivity contribution in [3.63, 3.8) is 0 Å². The molecule has 1 fully saturated rings. The molecule has 3 N–H and O–H groups in total. The second-order valence-electron chi connectivity index (χ2n) is 7.09. The monoisotopic (exact) mass is 408 g/mol. The highest BCUT2D eigenvalue weighted by Gasteiger charge is 2.43. The van der Waals surface area contributed by atoms with Crippen molar-refractivity contribution in [1.82, 2.24) is 15.6 Å². The molecule has 148 valence electrons. The number of thiazole rings is 1. The van der Waals surface area contributed by atoms with E-state index in [0.29, 0.717) is 24.1 Å². The van der Waals surface area contributed by atoms with Gasteiger partial charge >= 0.3 is 6.03 Å². The number of carbonyl (C=O) groups is 3. The third kappa shape index (κ3) is 3.97. The summed E-state index contributed by atoms with van der Waals surface area (Å²) >= 11 is 1.65. The molecule has 1 atom stereocenters. The average molecular weight is 408 g/mol. The van der Waals surface area contributed by atoms with Crippen molar-refractivity contribution in [1.29, 1.82) is 0 Å². The summed E-state index contributed by atoms with van der Waals surface area (Å²) in [7, 11) is 0. The zero-order valence-electron chi connectivity index (χ0n) is 15.8. The second-order valence-corrected chi connectivity index (χ2v) is 8.21. The first-order valence-electron chi connectivity index (χ1n) is 9.32. The number of urea groups is 1. The number of nitrogens with zero attached hydrogens (tertiary/aromatic N) is 1. The van der Waals surface area contributed by atoms with Crippen molar-refractivity contribution in [2.75, 3.05) is 5.32 Å². The van der Waals surface area contributed by atoms with Crippen LogP contribution in [0.25, 0.3) is 10.2 Å². The van der Waals surface area contributed by atoms with E-state index in [9.17, 15) is 14.4 Å². The Hall–Kier alpha value is -3.26. The smallest absolute Gasteiger partial charge is 0.322 e.